The monoisotopic (exact) mass is 505 g/mol. The smallest absolute Gasteiger partial charge is 0.244 e. The van der Waals surface area contributed by atoms with Crippen LogP contribution in [0.15, 0.2) is 48.5 Å². The maximum absolute atomic E-state index is 13.5. The van der Waals surface area contributed by atoms with E-state index in [9.17, 15) is 18.0 Å². The van der Waals surface area contributed by atoms with E-state index < -0.39 is 28.5 Å². The SMILES string of the molecule is CC[C@@H](C)NC(=O)[C@H](C)N(Cc1ccc(OC)cc1)C(=O)CN(c1ccc(OC)cc1)S(C)(=O)=O. The van der Waals surface area contributed by atoms with Gasteiger partial charge in [-0.15, -0.1) is 0 Å². The summed E-state index contributed by atoms with van der Waals surface area (Å²) in [7, 11) is -0.719. The van der Waals surface area contributed by atoms with E-state index in [1.807, 2.05) is 13.8 Å². The Morgan fingerprint density at radius 2 is 1.46 bits per heavy atom. The number of hydrogen-bond acceptors (Lipinski definition) is 6. The first-order chi connectivity index (χ1) is 16.5. The summed E-state index contributed by atoms with van der Waals surface area (Å²) in [6, 6.07) is 12.6. The molecule has 0 aromatic heterocycles. The Bertz CT molecular complexity index is 1090. The summed E-state index contributed by atoms with van der Waals surface area (Å²) in [5, 5.41) is 2.90. The highest BCUT2D eigenvalue weighted by Crippen LogP contribution is 2.22. The van der Waals surface area contributed by atoms with Crippen molar-refractivity contribution in [2.75, 3.05) is 31.3 Å². The summed E-state index contributed by atoms with van der Waals surface area (Å²) in [4.78, 5) is 27.8. The van der Waals surface area contributed by atoms with Crippen molar-refractivity contribution in [1.29, 1.82) is 0 Å². The molecule has 0 radical (unpaired) electrons. The molecule has 0 unspecified atom stereocenters. The molecule has 35 heavy (non-hydrogen) atoms. The number of benzene rings is 2. The Morgan fingerprint density at radius 3 is 1.91 bits per heavy atom. The Kier molecular flexibility index (Phi) is 9.94. The molecular weight excluding hydrogens is 470 g/mol. The van der Waals surface area contributed by atoms with E-state index in [0.29, 0.717) is 17.2 Å². The van der Waals surface area contributed by atoms with E-state index in [-0.39, 0.29) is 18.5 Å². The molecule has 2 aromatic carbocycles. The lowest BCUT2D eigenvalue weighted by atomic mass is 10.1. The van der Waals surface area contributed by atoms with Crippen LogP contribution in [-0.2, 0) is 26.2 Å². The van der Waals surface area contributed by atoms with Gasteiger partial charge in [0.1, 0.15) is 24.1 Å². The van der Waals surface area contributed by atoms with Crippen LogP contribution < -0.4 is 19.1 Å². The van der Waals surface area contributed by atoms with Crippen LogP contribution in [0.3, 0.4) is 0 Å². The first-order valence-corrected chi connectivity index (χ1v) is 13.2. The molecule has 0 aliphatic rings. The zero-order valence-corrected chi connectivity index (χ0v) is 22.0. The van der Waals surface area contributed by atoms with E-state index in [4.69, 9.17) is 9.47 Å². The van der Waals surface area contributed by atoms with Crippen molar-refractivity contribution < 1.29 is 27.5 Å². The van der Waals surface area contributed by atoms with Crippen LogP contribution in [0.2, 0.25) is 0 Å². The van der Waals surface area contributed by atoms with Crippen LogP contribution in [0.4, 0.5) is 5.69 Å². The third-order valence-electron chi connectivity index (χ3n) is 5.72. The number of amides is 2. The van der Waals surface area contributed by atoms with Crippen molar-refractivity contribution in [3.05, 3.63) is 54.1 Å². The van der Waals surface area contributed by atoms with Gasteiger partial charge in [-0.3, -0.25) is 13.9 Å². The molecule has 0 bridgehead atoms. The van der Waals surface area contributed by atoms with Gasteiger partial charge in [0, 0.05) is 12.6 Å². The second-order valence-corrected chi connectivity index (χ2v) is 10.2. The lowest BCUT2D eigenvalue weighted by Gasteiger charge is -2.32. The normalized spacial score (nSPS) is 12.9. The molecule has 0 aliphatic carbocycles. The molecule has 0 saturated heterocycles. The van der Waals surface area contributed by atoms with E-state index >= 15 is 0 Å². The van der Waals surface area contributed by atoms with E-state index in [1.165, 1.54) is 12.0 Å². The third kappa shape index (κ3) is 7.88. The summed E-state index contributed by atoms with van der Waals surface area (Å²) < 4.78 is 36.5. The van der Waals surface area contributed by atoms with Crippen LogP contribution in [0.5, 0.6) is 11.5 Å². The number of ether oxygens (including phenoxy) is 2. The van der Waals surface area contributed by atoms with Gasteiger partial charge in [0.05, 0.1) is 26.2 Å². The molecular formula is C25H35N3O6S. The largest absolute Gasteiger partial charge is 0.497 e. The number of carbonyl (C=O) groups is 2. The van der Waals surface area contributed by atoms with E-state index in [0.717, 1.165) is 22.5 Å². The number of nitrogens with one attached hydrogen (secondary N) is 1. The molecule has 2 amide bonds. The van der Waals surface area contributed by atoms with Crippen molar-refractivity contribution in [1.82, 2.24) is 10.2 Å². The van der Waals surface area contributed by atoms with Gasteiger partial charge in [-0.25, -0.2) is 8.42 Å². The first kappa shape index (κ1) is 28.0. The minimum atomic E-state index is -3.79. The van der Waals surface area contributed by atoms with Crippen LogP contribution in [-0.4, -0.2) is 64.2 Å². The van der Waals surface area contributed by atoms with Gasteiger partial charge in [0.2, 0.25) is 21.8 Å². The Balaban J connectivity index is 2.37. The molecule has 0 fully saturated rings. The maximum Gasteiger partial charge on any atom is 0.244 e. The lowest BCUT2D eigenvalue weighted by Crippen LogP contribution is -2.52. The summed E-state index contributed by atoms with van der Waals surface area (Å²) in [6.07, 6.45) is 1.78. The van der Waals surface area contributed by atoms with Gasteiger partial charge < -0.3 is 19.7 Å². The molecule has 2 atom stereocenters. The Morgan fingerprint density at radius 1 is 0.943 bits per heavy atom. The average Bonchev–Trinajstić information content (AvgIpc) is 2.84. The first-order valence-electron chi connectivity index (χ1n) is 11.3. The predicted molar refractivity (Wildman–Crippen MR) is 136 cm³/mol. The highest BCUT2D eigenvalue weighted by atomic mass is 32.2. The van der Waals surface area contributed by atoms with Crippen molar-refractivity contribution in [3.63, 3.8) is 0 Å². The van der Waals surface area contributed by atoms with E-state index in [2.05, 4.69) is 5.32 Å². The fourth-order valence-corrected chi connectivity index (χ4v) is 4.19. The van der Waals surface area contributed by atoms with Gasteiger partial charge in [-0.2, -0.15) is 0 Å². The van der Waals surface area contributed by atoms with Crippen molar-refractivity contribution in [2.24, 2.45) is 0 Å². The van der Waals surface area contributed by atoms with Gasteiger partial charge in [-0.1, -0.05) is 19.1 Å². The molecule has 2 aromatic rings. The number of hydrogen-bond donors (Lipinski definition) is 1. The molecule has 0 heterocycles. The van der Waals surface area contributed by atoms with Crippen LogP contribution in [0, 0.1) is 0 Å². The number of nitrogens with zero attached hydrogens (tertiary/aromatic N) is 2. The fourth-order valence-electron chi connectivity index (χ4n) is 3.34. The second kappa shape index (κ2) is 12.4. The maximum atomic E-state index is 13.5. The summed E-state index contributed by atoms with van der Waals surface area (Å²) in [6.45, 7) is 5.14. The van der Waals surface area contributed by atoms with Crippen molar-refractivity contribution in [2.45, 2.75) is 45.8 Å². The molecule has 0 spiro atoms. The predicted octanol–water partition coefficient (Wildman–Crippen LogP) is 2.80. The quantitative estimate of drug-likeness (QED) is 0.476. The van der Waals surface area contributed by atoms with Gasteiger partial charge in [0.25, 0.3) is 0 Å². The molecule has 1 N–H and O–H groups in total. The summed E-state index contributed by atoms with van der Waals surface area (Å²) >= 11 is 0. The van der Waals surface area contributed by atoms with Gasteiger partial charge in [0.15, 0.2) is 0 Å². The fraction of sp³-hybridized carbons (Fsp3) is 0.440. The minimum absolute atomic E-state index is 0.0605. The molecule has 9 nitrogen and oxygen atoms in total. The van der Waals surface area contributed by atoms with Crippen molar-refractivity contribution in [3.8, 4) is 11.5 Å². The summed E-state index contributed by atoms with van der Waals surface area (Å²) in [5.74, 6) is 0.410. The van der Waals surface area contributed by atoms with Crippen molar-refractivity contribution >= 4 is 27.5 Å². The topological polar surface area (TPSA) is 105 Å². The molecule has 0 aliphatic heterocycles. The number of sulfonamides is 1. The standard InChI is InChI=1S/C25H35N3O6S/c1-7-18(2)26-25(30)19(3)27(16-20-8-12-22(33-4)13-9-20)24(29)17-28(35(6,31)32)21-10-14-23(34-5)15-11-21/h8-15,18-19H,7,16-17H2,1-6H3,(H,26,30)/t18-,19+/m1/s1. The van der Waals surface area contributed by atoms with Gasteiger partial charge in [-0.05, 0) is 62.2 Å². The average molecular weight is 506 g/mol. The summed E-state index contributed by atoms with van der Waals surface area (Å²) in [5.41, 5.74) is 1.10. The lowest BCUT2D eigenvalue weighted by molar-refractivity contribution is -0.139. The highest BCUT2D eigenvalue weighted by Gasteiger charge is 2.30. The van der Waals surface area contributed by atoms with E-state index in [1.54, 1.807) is 62.6 Å². The molecule has 2 rings (SSSR count). The molecule has 192 valence electrons. The zero-order valence-electron chi connectivity index (χ0n) is 21.1. The van der Waals surface area contributed by atoms with Crippen LogP contribution >= 0.6 is 0 Å². The third-order valence-corrected chi connectivity index (χ3v) is 6.86. The van der Waals surface area contributed by atoms with Gasteiger partial charge >= 0.3 is 0 Å². The second-order valence-electron chi connectivity index (χ2n) is 8.33. The van der Waals surface area contributed by atoms with Crippen LogP contribution in [0.25, 0.3) is 0 Å². The number of methoxy groups -OCH3 is 2. The number of carbonyl (C=O) groups excluding carboxylic acids is 2. The Hall–Kier alpha value is -3.27. The Labute approximate surface area is 208 Å². The zero-order chi connectivity index (χ0) is 26.2. The van der Waals surface area contributed by atoms with Crippen LogP contribution in [0.1, 0.15) is 32.8 Å². The minimum Gasteiger partial charge on any atom is -0.497 e. The highest BCUT2D eigenvalue weighted by molar-refractivity contribution is 7.92. The molecule has 10 heteroatoms. The number of rotatable bonds is 12. The number of anilines is 1. The molecule has 0 saturated carbocycles.